The number of hydrogen-bond donors (Lipinski definition) is 2. The van der Waals surface area contributed by atoms with E-state index in [4.69, 9.17) is 9.57 Å². The molecule has 0 bridgehead atoms. The molecule has 254 valence electrons. The van der Waals surface area contributed by atoms with Gasteiger partial charge < -0.3 is 14.9 Å². The van der Waals surface area contributed by atoms with E-state index in [1.165, 1.54) is 29.6 Å². The summed E-state index contributed by atoms with van der Waals surface area (Å²) in [6, 6.07) is 17.3. The third kappa shape index (κ3) is 7.90. The molecule has 5 aromatic rings. The number of carbonyl (C=O) groups excluding carboxylic acids is 1. The van der Waals surface area contributed by atoms with Crippen molar-refractivity contribution in [2.75, 3.05) is 28.9 Å². The number of sulfonamides is 1. The third-order valence-electron chi connectivity index (χ3n) is 7.77. The average molecular weight is 690 g/mol. The second kappa shape index (κ2) is 14.5. The molecule has 0 amide bonds. The zero-order chi connectivity index (χ0) is 34.5. The third-order valence-corrected chi connectivity index (χ3v) is 9.23. The summed E-state index contributed by atoms with van der Waals surface area (Å²) in [6.07, 6.45) is 2.25. The summed E-state index contributed by atoms with van der Waals surface area (Å²) in [5.74, 6) is -0.854. The fraction of sp³-hybridized carbons (Fsp3) is 0.265. The molecule has 3 heterocycles. The Labute approximate surface area is 281 Å². The number of ether oxygens (including phenoxy) is 1. The van der Waals surface area contributed by atoms with Gasteiger partial charge >= 0.3 is 5.97 Å². The molecule has 15 heteroatoms. The maximum Gasteiger partial charge on any atom is 0.357 e. The van der Waals surface area contributed by atoms with Crippen LogP contribution in [0.5, 0.6) is 11.6 Å². The Morgan fingerprint density at radius 1 is 1.02 bits per heavy atom. The molecule has 2 N–H and O–H groups in total. The van der Waals surface area contributed by atoms with Crippen LogP contribution in [0.4, 0.5) is 20.4 Å². The van der Waals surface area contributed by atoms with Gasteiger partial charge in [-0.3, -0.25) is 4.72 Å². The van der Waals surface area contributed by atoms with Gasteiger partial charge in [0.05, 0.1) is 47.5 Å². The van der Waals surface area contributed by atoms with Crippen LogP contribution in [0.2, 0.25) is 0 Å². The Morgan fingerprint density at radius 2 is 1.82 bits per heavy atom. The number of hydrogen-bond acceptors (Lipinski definition) is 11. The smallest absolute Gasteiger partial charge is 0.357 e. The van der Waals surface area contributed by atoms with Crippen LogP contribution < -0.4 is 14.8 Å². The highest BCUT2D eigenvalue weighted by atomic mass is 32.2. The van der Waals surface area contributed by atoms with E-state index in [9.17, 15) is 22.0 Å². The van der Waals surface area contributed by atoms with E-state index in [0.29, 0.717) is 45.3 Å². The van der Waals surface area contributed by atoms with E-state index >= 15 is 0 Å². The van der Waals surface area contributed by atoms with Crippen LogP contribution in [0.1, 0.15) is 35.7 Å². The molecule has 2 atom stereocenters. The molecule has 0 unspecified atom stereocenters. The standard InChI is InChI=1S/C34H33F2N7O5S/c1-3-17-49(45,46)42-30-25-10-9-21(2)31(26(25)11-12-28(30)36)47-32-27(13-16-38-41-32)29-14-15-37-34(40-29)39-24-18-23(35)19-43(20-24)48-33(44)22-7-5-4-6-8-22/h4-16,23-24,42H,3,17-20H2,1-2H3,(H,37,39,40)/t23-,24-/m0/s1. The first-order chi connectivity index (χ1) is 23.6. The van der Waals surface area contributed by atoms with Crippen LogP contribution in [0.3, 0.4) is 0 Å². The summed E-state index contributed by atoms with van der Waals surface area (Å²) in [7, 11) is -3.78. The first-order valence-electron chi connectivity index (χ1n) is 15.6. The number of aryl methyl sites for hydroxylation is 1. The molecule has 12 nitrogen and oxygen atoms in total. The van der Waals surface area contributed by atoms with Crippen LogP contribution in [0, 0.1) is 12.7 Å². The van der Waals surface area contributed by atoms with E-state index in [0.717, 1.165) is 0 Å². The van der Waals surface area contributed by atoms with E-state index in [1.54, 1.807) is 68.4 Å². The minimum Gasteiger partial charge on any atom is -0.436 e. The zero-order valence-corrected chi connectivity index (χ0v) is 27.5. The van der Waals surface area contributed by atoms with Crippen LogP contribution in [0.15, 0.2) is 79.1 Å². The summed E-state index contributed by atoms with van der Waals surface area (Å²) in [6.45, 7) is 3.66. The molecule has 0 saturated carbocycles. The van der Waals surface area contributed by atoms with Crippen LogP contribution in [0.25, 0.3) is 22.0 Å². The number of piperidine rings is 1. The number of hydroxylamine groups is 2. The van der Waals surface area contributed by atoms with Crippen molar-refractivity contribution < 1.29 is 31.6 Å². The fourth-order valence-corrected chi connectivity index (χ4v) is 6.70. The number of carbonyl (C=O) groups is 1. The normalized spacial score (nSPS) is 16.7. The molecular formula is C34H33F2N7O5S. The van der Waals surface area contributed by atoms with Gasteiger partial charge in [-0.25, -0.2) is 32.0 Å². The lowest BCUT2D eigenvalue weighted by Gasteiger charge is -2.33. The lowest BCUT2D eigenvalue weighted by molar-refractivity contribution is -0.134. The molecule has 49 heavy (non-hydrogen) atoms. The molecule has 1 aliphatic heterocycles. The van der Waals surface area contributed by atoms with Crippen molar-refractivity contribution in [3.05, 3.63) is 96.1 Å². The summed E-state index contributed by atoms with van der Waals surface area (Å²) < 4.78 is 63.5. The minimum atomic E-state index is -3.78. The topological polar surface area (TPSA) is 149 Å². The number of aromatic nitrogens is 4. The maximum atomic E-state index is 15.0. The van der Waals surface area contributed by atoms with E-state index < -0.39 is 34.0 Å². The van der Waals surface area contributed by atoms with Crippen LogP contribution in [-0.4, -0.2) is 70.7 Å². The largest absolute Gasteiger partial charge is 0.436 e. The first-order valence-corrected chi connectivity index (χ1v) is 17.2. The van der Waals surface area contributed by atoms with Gasteiger partial charge in [-0.15, -0.1) is 10.2 Å². The molecule has 1 saturated heterocycles. The van der Waals surface area contributed by atoms with Crippen molar-refractivity contribution in [3.8, 4) is 22.9 Å². The molecule has 0 radical (unpaired) electrons. The Morgan fingerprint density at radius 3 is 2.61 bits per heavy atom. The van der Waals surface area contributed by atoms with Gasteiger partial charge in [0, 0.05) is 29.4 Å². The zero-order valence-electron chi connectivity index (χ0n) is 26.6. The minimum absolute atomic E-state index is 0.0621. The summed E-state index contributed by atoms with van der Waals surface area (Å²) >= 11 is 0. The summed E-state index contributed by atoms with van der Waals surface area (Å²) in [5, 5.41) is 13.4. The second-order valence-corrected chi connectivity index (χ2v) is 13.4. The lowest BCUT2D eigenvalue weighted by atomic mass is 10.0. The Balaban J connectivity index is 1.24. The van der Waals surface area contributed by atoms with Crippen molar-refractivity contribution >= 4 is 38.4 Å². The highest BCUT2D eigenvalue weighted by Gasteiger charge is 2.30. The molecular weight excluding hydrogens is 656 g/mol. The first kappa shape index (κ1) is 33.6. The number of rotatable bonds is 11. The molecule has 0 aliphatic carbocycles. The van der Waals surface area contributed by atoms with E-state index in [1.807, 2.05) is 0 Å². The van der Waals surface area contributed by atoms with Gasteiger partial charge in [0.15, 0.2) is 0 Å². The number of anilines is 2. The Kier molecular flexibility index (Phi) is 9.92. The highest BCUT2D eigenvalue weighted by molar-refractivity contribution is 7.92. The van der Waals surface area contributed by atoms with Gasteiger partial charge in [0.2, 0.25) is 21.9 Å². The van der Waals surface area contributed by atoms with Gasteiger partial charge in [-0.1, -0.05) is 37.3 Å². The van der Waals surface area contributed by atoms with Crippen molar-refractivity contribution in [3.63, 3.8) is 0 Å². The highest BCUT2D eigenvalue weighted by Crippen LogP contribution is 2.39. The van der Waals surface area contributed by atoms with Gasteiger partial charge in [0.1, 0.15) is 17.7 Å². The number of benzene rings is 3. The fourth-order valence-electron chi connectivity index (χ4n) is 5.54. The summed E-state index contributed by atoms with van der Waals surface area (Å²) in [5.41, 5.74) is 1.73. The van der Waals surface area contributed by atoms with Gasteiger partial charge in [0.25, 0.3) is 0 Å². The van der Waals surface area contributed by atoms with Crippen molar-refractivity contribution in [2.24, 2.45) is 0 Å². The van der Waals surface area contributed by atoms with Gasteiger partial charge in [-0.2, -0.15) is 5.10 Å². The van der Waals surface area contributed by atoms with Crippen molar-refractivity contribution in [2.45, 2.75) is 38.9 Å². The SMILES string of the molecule is CCCS(=O)(=O)Nc1c(F)ccc2c(Oc3nnccc3-c3ccnc(N[C@H]4C[C@H](F)CN(OC(=O)c5ccccc5)C4)n3)c(C)ccc12. The van der Waals surface area contributed by atoms with E-state index in [-0.39, 0.29) is 42.8 Å². The lowest BCUT2D eigenvalue weighted by Crippen LogP contribution is -2.48. The number of nitrogens with one attached hydrogen (secondary N) is 2. The average Bonchev–Trinajstić information content (AvgIpc) is 3.07. The molecule has 6 rings (SSSR count). The molecule has 1 aliphatic rings. The molecule has 0 spiro atoms. The predicted octanol–water partition coefficient (Wildman–Crippen LogP) is 6.07. The maximum absolute atomic E-state index is 15.0. The number of alkyl halides is 1. The number of fused-ring (bicyclic) bond motifs is 1. The molecule has 3 aromatic carbocycles. The summed E-state index contributed by atoms with van der Waals surface area (Å²) in [4.78, 5) is 26.9. The second-order valence-electron chi connectivity index (χ2n) is 11.5. The quantitative estimate of drug-likeness (QED) is 0.166. The Bertz CT molecular complexity index is 2090. The Hall–Kier alpha value is -5.28. The van der Waals surface area contributed by atoms with Gasteiger partial charge in [-0.05, 0) is 55.3 Å². The monoisotopic (exact) mass is 689 g/mol. The van der Waals surface area contributed by atoms with Crippen LogP contribution >= 0.6 is 0 Å². The molecule has 2 aromatic heterocycles. The van der Waals surface area contributed by atoms with E-state index in [2.05, 4.69) is 30.2 Å². The van der Waals surface area contributed by atoms with Crippen LogP contribution in [-0.2, 0) is 14.9 Å². The van der Waals surface area contributed by atoms with Crippen molar-refractivity contribution in [1.82, 2.24) is 25.2 Å². The predicted molar refractivity (Wildman–Crippen MR) is 180 cm³/mol. The number of halogens is 2. The van der Waals surface area contributed by atoms with Crippen molar-refractivity contribution in [1.29, 1.82) is 0 Å². The number of nitrogens with zero attached hydrogens (tertiary/aromatic N) is 5. The molecule has 1 fully saturated rings.